The standard InChI is InChI=1S/C15H33NO4/c1-4-5-6-17-7-8-18-9-10-19-11-12-20-15(13-16)14(2)3/h14-15H,4-13,16H2,1-3H3. The molecule has 0 aliphatic rings. The van der Waals surface area contributed by atoms with Gasteiger partial charge < -0.3 is 24.7 Å². The van der Waals surface area contributed by atoms with Gasteiger partial charge in [-0.25, -0.2) is 0 Å². The molecule has 20 heavy (non-hydrogen) atoms. The molecule has 0 aromatic heterocycles. The van der Waals surface area contributed by atoms with E-state index in [4.69, 9.17) is 24.7 Å². The first-order valence-electron chi connectivity index (χ1n) is 7.77. The van der Waals surface area contributed by atoms with E-state index in [0.717, 1.165) is 13.0 Å². The number of nitrogens with two attached hydrogens (primary N) is 1. The van der Waals surface area contributed by atoms with Crippen LogP contribution in [0.1, 0.15) is 33.6 Å². The molecule has 1 atom stereocenters. The van der Waals surface area contributed by atoms with E-state index in [1.54, 1.807) is 0 Å². The summed E-state index contributed by atoms with van der Waals surface area (Å²) in [5, 5.41) is 0. The van der Waals surface area contributed by atoms with E-state index in [0.29, 0.717) is 52.1 Å². The highest BCUT2D eigenvalue weighted by Crippen LogP contribution is 2.04. The molecule has 1 unspecified atom stereocenters. The van der Waals surface area contributed by atoms with Crippen LogP contribution in [0.5, 0.6) is 0 Å². The van der Waals surface area contributed by atoms with Crippen molar-refractivity contribution in [1.82, 2.24) is 0 Å². The molecule has 0 amide bonds. The Bertz CT molecular complexity index is 191. The van der Waals surface area contributed by atoms with Gasteiger partial charge in [0.15, 0.2) is 0 Å². The minimum Gasteiger partial charge on any atom is -0.379 e. The Morgan fingerprint density at radius 3 is 1.75 bits per heavy atom. The topological polar surface area (TPSA) is 62.9 Å². The fourth-order valence-electron chi connectivity index (χ4n) is 1.58. The molecule has 0 fully saturated rings. The summed E-state index contributed by atoms with van der Waals surface area (Å²) in [6.07, 6.45) is 2.40. The third kappa shape index (κ3) is 12.8. The lowest BCUT2D eigenvalue weighted by Gasteiger charge is -2.19. The summed E-state index contributed by atoms with van der Waals surface area (Å²) in [5.74, 6) is 0.441. The summed E-state index contributed by atoms with van der Waals surface area (Å²) >= 11 is 0. The third-order valence-corrected chi connectivity index (χ3v) is 2.92. The highest BCUT2D eigenvalue weighted by atomic mass is 16.6. The lowest BCUT2D eigenvalue weighted by atomic mass is 10.1. The van der Waals surface area contributed by atoms with Crippen molar-refractivity contribution < 1.29 is 18.9 Å². The number of ether oxygens (including phenoxy) is 4. The number of unbranched alkanes of at least 4 members (excludes halogenated alkanes) is 1. The zero-order valence-electron chi connectivity index (χ0n) is 13.4. The van der Waals surface area contributed by atoms with Crippen molar-refractivity contribution in [2.45, 2.75) is 39.7 Å². The largest absolute Gasteiger partial charge is 0.379 e. The van der Waals surface area contributed by atoms with Crippen molar-refractivity contribution in [3.8, 4) is 0 Å². The Hall–Kier alpha value is -0.200. The fourth-order valence-corrected chi connectivity index (χ4v) is 1.58. The number of rotatable bonds is 15. The number of hydrogen-bond donors (Lipinski definition) is 1. The monoisotopic (exact) mass is 291 g/mol. The first kappa shape index (κ1) is 19.8. The Balaban J connectivity index is 3.13. The quantitative estimate of drug-likeness (QED) is 0.466. The summed E-state index contributed by atoms with van der Waals surface area (Å²) in [7, 11) is 0. The second-order valence-electron chi connectivity index (χ2n) is 5.08. The lowest BCUT2D eigenvalue weighted by molar-refractivity contribution is -0.0272. The first-order chi connectivity index (χ1) is 9.72. The molecule has 0 heterocycles. The van der Waals surface area contributed by atoms with Crippen molar-refractivity contribution in [1.29, 1.82) is 0 Å². The summed E-state index contributed by atoms with van der Waals surface area (Å²) in [6.45, 7) is 11.4. The lowest BCUT2D eigenvalue weighted by Crippen LogP contribution is -2.30. The predicted molar refractivity (Wildman–Crippen MR) is 81.0 cm³/mol. The summed E-state index contributed by atoms with van der Waals surface area (Å²) < 4.78 is 21.8. The van der Waals surface area contributed by atoms with E-state index >= 15 is 0 Å². The van der Waals surface area contributed by atoms with Crippen molar-refractivity contribution in [3.05, 3.63) is 0 Å². The van der Waals surface area contributed by atoms with Crippen LogP contribution in [0, 0.1) is 5.92 Å². The third-order valence-electron chi connectivity index (χ3n) is 2.92. The van der Waals surface area contributed by atoms with Gasteiger partial charge in [0.1, 0.15) is 0 Å². The van der Waals surface area contributed by atoms with Crippen LogP contribution < -0.4 is 5.73 Å². The SMILES string of the molecule is CCCCOCCOCCOCCOC(CN)C(C)C. The van der Waals surface area contributed by atoms with Crippen LogP contribution in [-0.2, 0) is 18.9 Å². The van der Waals surface area contributed by atoms with Crippen molar-refractivity contribution in [2.24, 2.45) is 11.7 Å². The molecular formula is C15H33NO4. The molecule has 0 aromatic rings. The van der Waals surface area contributed by atoms with Gasteiger partial charge in [0, 0.05) is 13.2 Å². The van der Waals surface area contributed by atoms with Gasteiger partial charge in [0.25, 0.3) is 0 Å². The maximum Gasteiger partial charge on any atom is 0.0721 e. The van der Waals surface area contributed by atoms with Crippen LogP contribution in [0.3, 0.4) is 0 Å². The van der Waals surface area contributed by atoms with Gasteiger partial charge in [-0.3, -0.25) is 0 Å². The summed E-state index contributed by atoms with van der Waals surface area (Å²) in [6, 6.07) is 0. The maximum atomic E-state index is 5.62. The molecule has 0 saturated heterocycles. The summed E-state index contributed by atoms with van der Waals surface area (Å²) in [5.41, 5.74) is 5.62. The smallest absolute Gasteiger partial charge is 0.0721 e. The van der Waals surface area contributed by atoms with Gasteiger partial charge in [0.05, 0.1) is 45.7 Å². The Morgan fingerprint density at radius 2 is 1.30 bits per heavy atom. The molecule has 0 rings (SSSR count). The number of hydrogen-bond acceptors (Lipinski definition) is 5. The van der Waals surface area contributed by atoms with Gasteiger partial charge in [-0.05, 0) is 12.3 Å². The molecule has 0 aromatic carbocycles. The molecule has 0 bridgehead atoms. The van der Waals surface area contributed by atoms with Gasteiger partial charge in [-0.1, -0.05) is 27.2 Å². The summed E-state index contributed by atoms with van der Waals surface area (Å²) in [4.78, 5) is 0. The molecule has 2 N–H and O–H groups in total. The van der Waals surface area contributed by atoms with Crippen molar-refractivity contribution in [3.63, 3.8) is 0 Å². The normalized spacial score (nSPS) is 13.1. The predicted octanol–water partition coefficient (Wildman–Crippen LogP) is 1.84. The average Bonchev–Trinajstić information content (AvgIpc) is 2.43. The molecule has 0 aliphatic carbocycles. The Labute approximate surface area is 124 Å². The van der Waals surface area contributed by atoms with Gasteiger partial charge >= 0.3 is 0 Å². The van der Waals surface area contributed by atoms with E-state index in [1.807, 2.05) is 0 Å². The van der Waals surface area contributed by atoms with Gasteiger partial charge in [-0.15, -0.1) is 0 Å². The molecule has 0 saturated carbocycles. The van der Waals surface area contributed by atoms with Gasteiger partial charge in [-0.2, -0.15) is 0 Å². The van der Waals surface area contributed by atoms with Crippen LogP contribution in [0.15, 0.2) is 0 Å². The van der Waals surface area contributed by atoms with E-state index in [2.05, 4.69) is 20.8 Å². The second kappa shape index (κ2) is 15.2. The highest BCUT2D eigenvalue weighted by molar-refractivity contribution is 4.62. The minimum atomic E-state index is 0.120. The van der Waals surface area contributed by atoms with E-state index < -0.39 is 0 Å². The molecule has 0 spiro atoms. The molecular weight excluding hydrogens is 258 g/mol. The second-order valence-corrected chi connectivity index (χ2v) is 5.08. The van der Waals surface area contributed by atoms with Crippen LogP contribution in [-0.4, -0.2) is 58.9 Å². The zero-order valence-corrected chi connectivity index (χ0v) is 13.4. The first-order valence-corrected chi connectivity index (χ1v) is 7.77. The Kier molecular flexibility index (Phi) is 15.0. The molecule has 0 aliphatic heterocycles. The average molecular weight is 291 g/mol. The van der Waals surface area contributed by atoms with E-state index in [-0.39, 0.29) is 6.10 Å². The van der Waals surface area contributed by atoms with Crippen LogP contribution in [0.2, 0.25) is 0 Å². The van der Waals surface area contributed by atoms with Crippen molar-refractivity contribution in [2.75, 3.05) is 52.8 Å². The van der Waals surface area contributed by atoms with Gasteiger partial charge in [0.2, 0.25) is 0 Å². The van der Waals surface area contributed by atoms with Crippen LogP contribution >= 0.6 is 0 Å². The highest BCUT2D eigenvalue weighted by Gasteiger charge is 2.10. The Morgan fingerprint density at radius 1 is 0.800 bits per heavy atom. The van der Waals surface area contributed by atoms with E-state index in [9.17, 15) is 0 Å². The van der Waals surface area contributed by atoms with E-state index in [1.165, 1.54) is 6.42 Å². The van der Waals surface area contributed by atoms with Crippen LogP contribution in [0.25, 0.3) is 0 Å². The zero-order chi connectivity index (χ0) is 15.1. The maximum absolute atomic E-state index is 5.62. The fraction of sp³-hybridized carbons (Fsp3) is 1.00. The van der Waals surface area contributed by atoms with Crippen molar-refractivity contribution >= 4 is 0 Å². The molecule has 5 heteroatoms. The minimum absolute atomic E-state index is 0.120. The molecule has 0 radical (unpaired) electrons. The molecule has 5 nitrogen and oxygen atoms in total. The molecule has 122 valence electrons. The van der Waals surface area contributed by atoms with Crippen LogP contribution in [0.4, 0.5) is 0 Å².